The van der Waals surface area contributed by atoms with E-state index in [9.17, 15) is 10.1 Å². The molecule has 0 saturated heterocycles. The molecule has 0 aromatic heterocycles. The number of nitrogens with one attached hydrogen (secondary N) is 2. The molecule has 1 unspecified atom stereocenters. The molecule has 2 aromatic carbocycles. The topological polar surface area (TPSA) is 64.9 Å². The summed E-state index contributed by atoms with van der Waals surface area (Å²) in [5.74, 6) is -0.455. The molecule has 144 valence electrons. The fraction of sp³-hybridized carbons (Fsp3) is 0.273. The third kappa shape index (κ3) is 4.67. The van der Waals surface area contributed by atoms with E-state index < -0.39 is 5.91 Å². The number of aryl methyl sites for hydroxylation is 2. The van der Waals surface area contributed by atoms with Gasteiger partial charge in [0.15, 0.2) is 0 Å². The van der Waals surface area contributed by atoms with Crippen molar-refractivity contribution >= 4 is 34.8 Å². The first kappa shape index (κ1) is 20.3. The number of nitrogens with zero attached hydrogens (tertiary/aromatic N) is 1. The lowest BCUT2D eigenvalue weighted by molar-refractivity contribution is -0.117. The number of amides is 1. The number of nitriles is 1. The van der Waals surface area contributed by atoms with Crippen LogP contribution in [-0.2, 0) is 17.6 Å². The molecule has 0 radical (unpaired) electrons. The van der Waals surface area contributed by atoms with Crippen LogP contribution in [0.15, 0.2) is 48.2 Å². The molecule has 0 heterocycles. The molecular formula is C22H21Cl2N3O. The van der Waals surface area contributed by atoms with E-state index in [0.29, 0.717) is 15.7 Å². The van der Waals surface area contributed by atoms with Crippen LogP contribution in [0, 0.1) is 11.3 Å². The maximum Gasteiger partial charge on any atom is 0.263 e. The number of para-hydroxylation sites is 1. The second-order valence-electron chi connectivity index (χ2n) is 6.84. The van der Waals surface area contributed by atoms with Crippen LogP contribution in [0.1, 0.15) is 42.5 Å². The van der Waals surface area contributed by atoms with E-state index in [1.165, 1.54) is 30.2 Å². The zero-order valence-corrected chi connectivity index (χ0v) is 17.1. The molecule has 6 heteroatoms. The number of fused-ring (bicyclic) bond motifs is 1. The Kier molecular flexibility index (Phi) is 6.61. The van der Waals surface area contributed by atoms with E-state index in [0.717, 1.165) is 18.4 Å². The molecule has 2 N–H and O–H groups in total. The Morgan fingerprint density at radius 3 is 2.50 bits per heavy atom. The Labute approximate surface area is 175 Å². The van der Waals surface area contributed by atoms with Crippen LogP contribution in [0.3, 0.4) is 0 Å². The number of carbonyl (C=O) groups excluding carboxylic acids is 1. The maximum atomic E-state index is 12.5. The van der Waals surface area contributed by atoms with Gasteiger partial charge in [-0.2, -0.15) is 5.26 Å². The van der Waals surface area contributed by atoms with Crippen molar-refractivity contribution in [2.45, 2.75) is 38.6 Å². The van der Waals surface area contributed by atoms with Crippen LogP contribution in [-0.4, -0.2) is 5.91 Å². The molecule has 4 nitrogen and oxygen atoms in total. The summed E-state index contributed by atoms with van der Waals surface area (Å²) in [6.45, 7) is 1.91. The molecule has 0 spiro atoms. The van der Waals surface area contributed by atoms with Crippen molar-refractivity contribution in [3.8, 4) is 6.07 Å². The van der Waals surface area contributed by atoms with E-state index in [1.807, 2.05) is 19.1 Å². The van der Waals surface area contributed by atoms with Gasteiger partial charge in [-0.3, -0.25) is 4.79 Å². The lowest BCUT2D eigenvalue weighted by Gasteiger charge is -2.20. The van der Waals surface area contributed by atoms with Gasteiger partial charge in [0.05, 0.1) is 21.8 Å². The molecular weight excluding hydrogens is 393 g/mol. The molecule has 0 fully saturated rings. The van der Waals surface area contributed by atoms with Crippen LogP contribution in [0.2, 0.25) is 10.0 Å². The summed E-state index contributed by atoms with van der Waals surface area (Å²) in [6.07, 6.45) is 5.96. The average Bonchev–Trinajstić information content (AvgIpc) is 2.69. The summed E-state index contributed by atoms with van der Waals surface area (Å²) in [5, 5.41) is 15.9. The fourth-order valence-corrected chi connectivity index (χ4v) is 3.82. The van der Waals surface area contributed by atoms with Gasteiger partial charge in [-0.1, -0.05) is 47.5 Å². The average molecular weight is 414 g/mol. The lowest BCUT2D eigenvalue weighted by atomic mass is 9.89. The Bertz CT molecular complexity index is 942. The zero-order valence-electron chi connectivity index (χ0n) is 15.6. The number of anilines is 1. The summed E-state index contributed by atoms with van der Waals surface area (Å²) < 4.78 is 0. The van der Waals surface area contributed by atoms with E-state index in [4.69, 9.17) is 23.2 Å². The van der Waals surface area contributed by atoms with Crippen molar-refractivity contribution in [1.29, 1.82) is 5.26 Å². The van der Waals surface area contributed by atoms with Crippen LogP contribution in [0.25, 0.3) is 0 Å². The van der Waals surface area contributed by atoms with E-state index in [1.54, 1.807) is 18.2 Å². The minimum atomic E-state index is -0.455. The number of halogens is 2. The van der Waals surface area contributed by atoms with E-state index in [2.05, 4.69) is 22.8 Å². The molecule has 3 rings (SSSR count). The van der Waals surface area contributed by atoms with Gasteiger partial charge in [0.25, 0.3) is 5.91 Å². The number of rotatable bonds is 5. The van der Waals surface area contributed by atoms with Gasteiger partial charge in [-0.05, 0) is 61.4 Å². The molecule has 1 atom stereocenters. The quantitative estimate of drug-likeness (QED) is 0.497. The molecule has 0 saturated carbocycles. The standard InChI is InChI=1S/C22H21Cl2N3O/c1-14(16-10-9-15-5-2-3-6-17(15)11-16)27-22(28)18(12-25)13-26-21-19(23)7-4-8-20(21)24/h4,7-11,13-14,26H,2-3,5-6H2,1H3,(H,27,28)/b18-13-. The second-order valence-corrected chi connectivity index (χ2v) is 7.66. The Morgan fingerprint density at radius 1 is 1.14 bits per heavy atom. The normalized spacial score (nSPS) is 14.6. The second kappa shape index (κ2) is 9.14. The summed E-state index contributed by atoms with van der Waals surface area (Å²) in [4.78, 5) is 12.5. The minimum Gasteiger partial charge on any atom is -0.358 e. The highest BCUT2D eigenvalue weighted by molar-refractivity contribution is 6.39. The first-order chi connectivity index (χ1) is 13.5. The van der Waals surface area contributed by atoms with Crippen molar-refractivity contribution in [1.82, 2.24) is 5.32 Å². The maximum absolute atomic E-state index is 12.5. The summed E-state index contributed by atoms with van der Waals surface area (Å²) in [6, 6.07) is 13.1. The summed E-state index contributed by atoms with van der Waals surface area (Å²) in [7, 11) is 0. The highest BCUT2D eigenvalue weighted by Gasteiger charge is 2.16. The van der Waals surface area contributed by atoms with Crippen LogP contribution in [0.5, 0.6) is 0 Å². The fourth-order valence-electron chi connectivity index (χ4n) is 3.31. The van der Waals surface area contributed by atoms with Gasteiger partial charge < -0.3 is 10.6 Å². The minimum absolute atomic E-state index is 0.0548. The lowest BCUT2D eigenvalue weighted by Crippen LogP contribution is -2.28. The van der Waals surface area contributed by atoms with Crippen molar-refractivity contribution in [2.24, 2.45) is 0 Å². The van der Waals surface area contributed by atoms with Crippen molar-refractivity contribution in [3.05, 3.63) is 74.9 Å². The van der Waals surface area contributed by atoms with Gasteiger partial charge in [-0.15, -0.1) is 0 Å². The zero-order chi connectivity index (χ0) is 20.1. The van der Waals surface area contributed by atoms with Gasteiger partial charge in [0, 0.05) is 6.20 Å². The molecule has 1 aliphatic carbocycles. The molecule has 2 aromatic rings. The van der Waals surface area contributed by atoms with Crippen LogP contribution >= 0.6 is 23.2 Å². The smallest absolute Gasteiger partial charge is 0.263 e. The third-order valence-electron chi connectivity index (χ3n) is 4.91. The largest absolute Gasteiger partial charge is 0.358 e. The highest BCUT2D eigenvalue weighted by Crippen LogP contribution is 2.30. The van der Waals surface area contributed by atoms with Crippen LogP contribution < -0.4 is 10.6 Å². The van der Waals surface area contributed by atoms with Gasteiger partial charge >= 0.3 is 0 Å². The van der Waals surface area contributed by atoms with Gasteiger partial charge in [0.2, 0.25) is 0 Å². The molecule has 0 aliphatic heterocycles. The first-order valence-corrected chi connectivity index (χ1v) is 9.98. The third-order valence-corrected chi connectivity index (χ3v) is 5.54. The molecule has 1 aliphatic rings. The number of benzene rings is 2. The Morgan fingerprint density at radius 2 is 1.82 bits per heavy atom. The van der Waals surface area contributed by atoms with Crippen molar-refractivity contribution in [2.75, 3.05) is 5.32 Å². The number of hydrogen-bond donors (Lipinski definition) is 2. The Hall–Kier alpha value is -2.48. The first-order valence-electron chi connectivity index (χ1n) is 9.23. The Balaban J connectivity index is 1.70. The van der Waals surface area contributed by atoms with Crippen molar-refractivity contribution < 1.29 is 4.79 Å². The number of hydrogen-bond acceptors (Lipinski definition) is 3. The van der Waals surface area contributed by atoms with Gasteiger partial charge in [-0.25, -0.2) is 0 Å². The highest BCUT2D eigenvalue weighted by atomic mass is 35.5. The van der Waals surface area contributed by atoms with E-state index in [-0.39, 0.29) is 11.6 Å². The number of carbonyl (C=O) groups is 1. The predicted molar refractivity (Wildman–Crippen MR) is 113 cm³/mol. The predicted octanol–water partition coefficient (Wildman–Crippen LogP) is 5.57. The van der Waals surface area contributed by atoms with Gasteiger partial charge in [0.1, 0.15) is 11.6 Å². The molecule has 0 bridgehead atoms. The SMILES string of the molecule is CC(NC(=O)/C(C#N)=C\Nc1c(Cl)cccc1Cl)c1ccc2c(c1)CCCC2. The van der Waals surface area contributed by atoms with E-state index >= 15 is 0 Å². The molecule has 28 heavy (non-hydrogen) atoms. The van der Waals surface area contributed by atoms with Crippen LogP contribution in [0.4, 0.5) is 5.69 Å². The monoisotopic (exact) mass is 413 g/mol. The summed E-state index contributed by atoms with van der Waals surface area (Å²) in [5.41, 5.74) is 4.19. The molecule has 1 amide bonds. The van der Waals surface area contributed by atoms with Crippen molar-refractivity contribution in [3.63, 3.8) is 0 Å². The summed E-state index contributed by atoms with van der Waals surface area (Å²) >= 11 is 12.2.